The summed E-state index contributed by atoms with van der Waals surface area (Å²) in [5.74, 6) is -0.658. The molecule has 0 unspecified atom stereocenters. The largest absolute Gasteiger partial charge is 0.497 e. The summed E-state index contributed by atoms with van der Waals surface area (Å²) in [6, 6.07) is 8.97. The quantitative estimate of drug-likeness (QED) is 0.747. The van der Waals surface area contributed by atoms with E-state index >= 15 is 0 Å². The van der Waals surface area contributed by atoms with E-state index in [9.17, 15) is 17.6 Å². The minimum atomic E-state index is -4.08. The molecule has 0 spiro atoms. The molecular weight excluding hydrogens is 419 g/mol. The van der Waals surface area contributed by atoms with Crippen LogP contribution in [0.15, 0.2) is 47.4 Å². The zero-order valence-electron chi connectivity index (χ0n) is 15.9. The van der Waals surface area contributed by atoms with E-state index in [1.807, 2.05) is 0 Å². The van der Waals surface area contributed by atoms with Crippen molar-refractivity contribution >= 4 is 27.5 Å². The molecule has 1 saturated heterocycles. The Morgan fingerprint density at radius 2 is 1.93 bits per heavy atom. The molecule has 0 bridgehead atoms. The van der Waals surface area contributed by atoms with Gasteiger partial charge in [0.25, 0.3) is 0 Å². The molecule has 0 radical (unpaired) electrons. The third-order valence-corrected chi connectivity index (χ3v) is 6.98. The van der Waals surface area contributed by atoms with Crippen molar-refractivity contribution in [1.29, 1.82) is 0 Å². The summed E-state index contributed by atoms with van der Waals surface area (Å²) in [6.45, 7) is 0.208. The molecule has 1 heterocycles. The number of hydrogen-bond donors (Lipinski definition) is 1. The number of rotatable bonds is 6. The molecule has 9 heteroatoms. The molecule has 1 N–H and O–H groups in total. The number of nitrogens with one attached hydrogen (secondary N) is 1. The summed E-state index contributed by atoms with van der Waals surface area (Å²) in [6.07, 6.45) is 1.80. The first-order valence-electron chi connectivity index (χ1n) is 9.20. The Morgan fingerprint density at radius 1 is 1.21 bits per heavy atom. The topological polar surface area (TPSA) is 75.7 Å². The van der Waals surface area contributed by atoms with Gasteiger partial charge in [-0.15, -0.1) is 0 Å². The highest BCUT2D eigenvalue weighted by molar-refractivity contribution is 7.89. The summed E-state index contributed by atoms with van der Waals surface area (Å²) in [7, 11) is -2.66. The van der Waals surface area contributed by atoms with Crippen LogP contribution in [0.5, 0.6) is 5.75 Å². The standard InChI is InChI=1S/C20H22ClFN2O4S/c1-28-16-8-5-14(18(22)12-16)13-24(19-4-2-3-11-23-20(19)25)29(26,27)17-9-6-15(21)7-10-17/h5-10,12,19H,2-4,11,13H2,1H3,(H,23,25)/t19-/m1/s1. The Labute approximate surface area is 174 Å². The molecule has 2 aromatic rings. The number of ether oxygens (including phenoxy) is 1. The van der Waals surface area contributed by atoms with Crippen LogP contribution >= 0.6 is 11.6 Å². The lowest BCUT2D eigenvalue weighted by Gasteiger charge is -2.29. The second-order valence-corrected chi connectivity index (χ2v) is 9.09. The molecule has 3 rings (SSSR count). The van der Waals surface area contributed by atoms with Crippen LogP contribution in [-0.2, 0) is 21.4 Å². The lowest BCUT2D eigenvalue weighted by Crippen LogP contribution is -2.48. The Morgan fingerprint density at radius 3 is 2.59 bits per heavy atom. The second kappa shape index (κ2) is 9.11. The van der Waals surface area contributed by atoms with Crippen LogP contribution in [0.1, 0.15) is 24.8 Å². The monoisotopic (exact) mass is 440 g/mol. The summed E-state index contributed by atoms with van der Waals surface area (Å²) in [5, 5.41) is 3.14. The molecule has 2 aromatic carbocycles. The van der Waals surface area contributed by atoms with E-state index < -0.39 is 21.9 Å². The fourth-order valence-electron chi connectivity index (χ4n) is 3.25. The third-order valence-electron chi connectivity index (χ3n) is 4.86. The number of benzene rings is 2. The molecule has 0 saturated carbocycles. The van der Waals surface area contributed by atoms with E-state index in [1.54, 1.807) is 6.07 Å². The first kappa shape index (κ1) is 21.5. The predicted octanol–water partition coefficient (Wildman–Crippen LogP) is 3.35. The maximum Gasteiger partial charge on any atom is 0.244 e. The lowest BCUT2D eigenvalue weighted by atomic mass is 10.1. The Hall–Kier alpha value is -2.16. The van der Waals surface area contributed by atoms with E-state index in [4.69, 9.17) is 16.3 Å². The molecule has 1 fully saturated rings. The van der Waals surface area contributed by atoms with Crippen molar-refractivity contribution in [2.24, 2.45) is 0 Å². The molecule has 1 aliphatic heterocycles. The van der Waals surface area contributed by atoms with E-state index in [0.717, 1.165) is 10.7 Å². The van der Waals surface area contributed by atoms with Crippen molar-refractivity contribution in [3.8, 4) is 5.75 Å². The van der Waals surface area contributed by atoms with Gasteiger partial charge >= 0.3 is 0 Å². The normalized spacial score (nSPS) is 17.7. The van der Waals surface area contributed by atoms with Crippen molar-refractivity contribution < 1.29 is 22.3 Å². The van der Waals surface area contributed by atoms with Gasteiger partial charge in [-0.25, -0.2) is 12.8 Å². The first-order valence-corrected chi connectivity index (χ1v) is 11.0. The fraction of sp³-hybridized carbons (Fsp3) is 0.350. The van der Waals surface area contributed by atoms with Crippen LogP contribution in [-0.4, -0.2) is 38.3 Å². The zero-order valence-corrected chi connectivity index (χ0v) is 17.5. The van der Waals surface area contributed by atoms with Gasteiger partial charge in [-0.3, -0.25) is 4.79 Å². The zero-order chi connectivity index (χ0) is 21.0. The van der Waals surface area contributed by atoms with Crippen LogP contribution in [0.25, 0.3) is 0 Å². The minimum absolute atomic E-state index is 0.00660. The van der Waals surface area contributed by atoms with Gasteiger partial charge in [-0.2, -0.15) is 4.31 Å². The maximum atomic E-state index is 14.6. The molecular formula is C20H22ClFN2O4S. The molecule has 1 atom stereocenters. The number of halogens is 2. The van der Waals surface area contributed by atoms with E-state index in [1.165, 1.54) is 43.5 Å². The fourth-order valence-corrected chi connectivity index (χ4v) is 4.98. The number of methoxy groups -OCH3 is 1. The van der Waals surface area contributed by atoms with Crippen molar-refractivity contribution in [1.82, 2.24) is 9.62 Å². The van der Waals surface area contributed by atoms with Gasteiger partial charge < -0.3 is 10.1 Å². The highest BCUT2D eigenvalue weighted by Gasteiger charge is 2.37. The smallest absolute Gasteiger partial charge is 0.244 e. The van der Waals surface area contributed by atoms with Gasteiger partial charge in [0.15, 0.2) is 0 Å². The van der Waals surface area contributed by atoms with Gasteiger partial charge in [0.2, 0.25) is 15.9 Å². The summed E-state index contributed by atoms with van der Waals surface area (Å²) in [4.78, 5) is 12.6. The van der Waals surface area contributed by atoms with Crippen LogP contribution in [0.3, 0.4) is 0 Å². The van der Waals surface area contributed by atoms with E-state index in [-0.39, 0.29) is 22.9 Å². The average molecular weight is 441 g/mol. The SMILES string of the molecule is COc1ccc(CN([C@@H]2CCCCNC2=O)S(=O)(=O)c2ccc(Cl)cc2)c(F)c1. The summed E-state index contributed by atoms with van der Waals surface area (Å²) in [5.41, 5.74) is 0.153. The first-order chi connectivity index (χ1) is 13.8. The number of carbonyl (C=O) groups is 1. The molecule has 156 valence electrons. The molecule has 29 heavy (non-hydrogen) atoms. The number of hydrogen-bond acceptors (Lipinski definition) is 4. The highest BCUT2D eigenvalue weighted by atomic mass is 35.5. The van der Waals surface area contributed by atoms with Crippen molar-refractivity contribution in [3.63, 3.8) is 0 Å². The third kappa shape index (κ3) is 4.88. The molecule has 6 nitrogen and oxygen atoms in total. The van der Waals surface area contributed by atoms with Crippen molar-refractivity contribution in [3.05, 3.63) is 58.9 Å². The number of carbonyl (C=O) groups excluding carboxylic acids is 1. The van der Waals surface area contributed by atoms with Gasteiger partial charge in [0, 0.05) is 29.7 Å². The van der Waals surface area contributed by atoms with Crippen LogP contribution in [0.2, 0.25) is 5.02 Å². The Kier molecular flexibility index (Phi) is 6.77. The van der Waals surface area contributed by atoms with Gasteiger partial charge in [-0.1, -0.05) is 17.7 Å². The van der Waals surface area contributed by atoms with Crippen LogP contribution < -0.4 is 10.1 Å². The van der Waals surface area contributed by atoms with Crippen LogP contribution in [0.4, 0.5) is 4.39 Å². The maximum absolute atomic E-state index is 14.6. The van der Waals surface area contributed by atoms with E-state index in [2.05, 4.69) is 5.32 Å². The predicted molar refractivity (Wildman–Crippen MR) is 108 cm³/mol. The van der Waals surface area contributed by atoms with Gasteiger partial charge in [0.1, 0.15) is 17.6 Å². The molecule has 1 aliphatic rings. The van der Waals surface area contributed by atoms with Gasteiger partial charge in [0.05, 0.1) is 12.0 Å². The average Bonchev–Trinajstić information content (AvgIpc) is 2.91. The van der Waals surface area contributed by atoms with E-state index in [0.29, 0.717) is 30.2 Å². The molecule has 0 aromatic heterocycles. The second-order valence-electron chi connectivity index (χ2n) is 6.76. The summed E-state index contributed by atoms with van der Waals surface area (Å²) < 4.78 is 47.4. The number of amides is 1. The van der Waals surface area contributed by atoms with Crippen LogP contribution in [0, 0.1) is 5.82 Å². The lowest BCUT2D eigenvalue weighted by molar-refractivity contribution is -0.124. The Balaban J connectivity index is 2.03. The highest BCUT2D eigenvalue weighted by Crippen LogP contribution is 2.27. The Bertz CT molecular complexity index is 982. The van der Waals surface area contributed by atoms with Gasteiger partial charge in [-0.05, 0) is 49.6 Å². The number of nitrogens with zero attached hydrogens (tertiary/aromatic N) is 1. The minimum Gasteiger partial charge on any atom is -0.497 e. The summed E-state index contributed by atoms with van der Waals surface area (Å²) >= 11 is 5.88. The van der Waals surface area contributed by atoms with Crippen molar-refractivity contribution in [2.75, 3.05) is 13.7 Å². The molecule has 0 aliphatic carbocycles. The van der Waals surface area contributed by atoms with Crippen molar-refractivity contribution in [2.45, 2.75) is 36.7 Å². The molecule has 1 amide bonds. The number of sulfonamides is 1.